The molecule has 1 rings (SSSR count). The highest BCUT2D eigenvalue weighted by molar-refractivity contribution is 14.1. The maximum atomic E-state index is 12.7. The predicted octanol–water partition coefficient (Wildman–Crippen LogP) is 3.33. The molecule has 17 heavy (non-hydrogen) atoms. The first-order chi connectivity index (χ1) is 7.95. The van der Waals surface area contributed by atoms with E-state index < -0.39 is 12.4 Å². The van der Waals surface area contributed by atoms with Crippen LogP contribution in [0, 0.1) is 7.27 Å². The molecule has 0 N–H and O–H groups in total. The summed E-state index contributed by atoms with van der Waals surface area (Å²) in [5.74, 6) is -0.458. The van der Waals surface area contributed by atoms with Gasteiger partial charge < -0.3 is 4.74 Å². The number of aromatic nitrogens is 1. The molecule has 7 heteroatoms. The summed E-state index contributed by atoms with van der Waals surface area (Å²) in [7, 11) is 0. The van der Waals surface area contributed by atoms with E-state index in [0.29, 0.717) is 13.0 Å². The van der Waals surface area contributed by atoms with Crippen LogP contribution in [0.4, 0.5) is 8.78 Å². The summed E-state index contributed by atoms with van der Waals surface area (Å²) in [4.78, 5) is 15.4. The van der Waals surface area contributed by atoms with E-state index in [1.54, 1.807) is 29.5 Å². The van der Waals surface area contributed by atoms with Gasteiger partial charge in [0.15, 0.2) is 0 Å². The SMILES string of the molecule is CCOC(=O)Cc1nc(I)cc(C(F)F)c1I. The van der Waals surface area contributed by atoms with Gasteiger partial charge in [-0.15, -0.1) is 0 Å². The number of hydrogen-bond donors (Lipinski definition) is 0. The number of esters is 1. The van der Waals surface area contributed by atoms with Crippen molar-refractivity contribution in [2.24, 2.45) is 0 Å². The van der Waals surface area contributed by atoms with Crippen molar-refractivity contribution in [1.82, 2.24) is 4.98 Å². The molecule has 0 fully saturated rings. The van der Waals surface area contributed by atoms with Crippen LogP contribution in [-0.2, 0) is 16.0 Å². The molecular weight excluding hydrogens is 458 g/mol. The quantitative estimate of drug-likeness (QED) is 0.388. The molecule has 0 radical (unpaired) electrons. The largest absolute Gasteiger partial charge is 0.466 e. The lowest BCUT2D eigenvalue weighted by atomic mass is 10.2. The second kappa shape index (κ2) is 6.76. The summed E-state index contributed by atoms with van der Waals surface area (Å²) < 4.78 is 31.0. The van der Waals surface area contributed by atoms with Crippen LogP contribution in [0.1, 0.15) is 24.6 Å². The molecule has 0 atom stereocenters. The number of carbonyl (C=O) groups excluding carboxylic acids is 1. The minimum atomic E-state index is -2.57. The van der Waals surface area contributed by atoms with Crippen LogP contribution < -0.4 is 0 Å². The van der Waals surface area contributed by atoms with E-state index in [2.05, 4.69) is 4.98 Å². The zero-order chi connectivity index (χ0) is 13.0. The molecule has 1 heterocycles. The van der Waals surface area contributed by atoms with Crippen LogP contribution in [0.5, 0.6) is 0 Å². The van der Waals surface area contributed by atoms with E-state index in [-0.39, 0.29) is 18.6 Å². The Morgan fingerprint density at radius 2 is 2.18 bits per heavy atom. The Kier molecular flexibility index (Phi) is 5.97. The molecule has 0 amide bonds. The molecule has 0 saturated carbocycles. The van der Waals surface area contributed by atoms with Crippen molar-refractivity contribution in [2.45, 2.75) is 19.8 Å². The third-order valence-electron chi connectivity index (χ3n) is 1.88. The number of halogens is 4. The van der Waals surface area contributed by atoms with Gasteiger partial charge >= 0.3 is 5.97 Å². The molecule has 1 aromatic heterocycles. The fourth-order valence-electron chi connectivity index (χ4n) is 1.19. The van der Waals surface area contributed by atoms with Crippen molar-refractivity contribution in [2.75, 3.05) is 6.61 Å². The summed E-state index contributed by atoms with van der Waals surface area (Å²) in [6.07, 6.45) is -2.65. The smallest absolute Gasteiger partial charge is 0.311 e. The lowest BCUT2D eigenvalue weighted by Crippen LogP contribution is -2.12. The van der Waals surface area contributed by atoms with Crippen molar-refractivity contribution >= 4 is 51.2 Å². The van der Waals surface area contributed by atoms with Crippen molar-refractivity contribution in [1.29, 1.82) is 0 Å². The normalized spacial score (nSPS) is 10.7. The summed E-state index contributed by atoms with van der Waals surface area (Å²) in [6.45, 7) is 1.96. The first-order valence-corrected chi connectivity index (χ1v) is 6.90. The number of hydrogen-bond acceptors (Lipinski definition) is 3. The molecular formula is C10H9F2I2NO2. The van der Waals surface area contributed by atoms with Gasteiger partial charge in [0, 0.05) is 9.13 Å². The molecule has 0 aliphatic heterocycles. The van der Waals surface area contributed by atoms with Crippen molar-refractivity contribution < 1.29 is 18.3 Å². The Morgan fingerprint density at radius 1 is 1.53 bits per heavy atom. The van der Waals surface area contributed by atoms with Gasteiger partial charge in [-0.25, -0.2) is 13.8 Å². The Morgan fingerprint density at radius 3 is 2.71 bits per heavy atom. The highest BCUT2D eigenvalue weighted by Gasteiger charge is 2.18. The van der Waals surface area contributed by atoms with Gasteiger partial charge in [-0.3, -0.25) is 4.79 Å². The Bertz CT molecular complexity index is 427. The summed E-state index contributed by atoms with van der Waals surface area (Å²) >= 11 is 3.63. The average molecular weight is 467 g/mol. The van der Waals surface area contributed by atoms with E-state index in [1.165, 1.54) is 6.07 Å². The molecule has 94 valence electrons. The van der Waals surface area contributed by atoms with Gasteiger partial charge in [-0.1, -0.05) is 0 Å². The fraction of sp³-hybridized carbons (Fsp3) is 0.400. The topological polar surface area (TPSA) is 39.2 Å². The third kappa shape index (κ3) is 4.27. The number of carbonyl (C=O) groups is 1. The monoisotopic (exact) mass is 467 g/mol. The first kappa shape index (κ1) is 15.0. The highest BCUT2D eigenvalue weighted by atomic mass is 127. The standard InChI is InChI=1S/C10H9F2I2NO2/c1-2-17-8(16)4-6-9(14)5(10(11)12)3-7(13)15-6/h3,10H,2,4H2,1H3. The van der Waals surface area contributed by atoms with Gasteiger partial charge in [-0.2, -0.15) is 0 Å². The minimum absolute atomic E-state index is 0.0807. The zero-order valence-corrected chi connectivity index (χ0v) is 13.2. The van der Waals surface area contributed by atoms with E-state index in [4.69, 9.17) is 4.74 Å². The minimum Gasteiger partial charge on any atom is -0.466 e. The van der Waals surface area contributed by atoms with Crippen LogP contribution in [0.15, 0.2) is 6.07 Å². The van der Waals surface area contributed by atoms with Crippen molar-refractivity contribution in [3.63, 3.8) is 0 Å². The Balaban J connectivity index is 3.03. The zero-order valence-electron chi connectivity index (χ0n) is 8.84. The number of ether oxygens (including phenoxy) is 1. The fourth-order valence-corrected chi connectivity index (χ4v) is 2.52. The number of pyridine rings is 1. The molecule has 0 bridgehead atoms. The molecule has 0 aliphatic rings. The Hall–Kier alpha value is -0.0600. The van der Waals surface area contributed by atoms with E-state index >= 15 is 0 Å². The summed E-state index contributed by atoms with van der Waals surface area (Å²) in [5, 5.41) is 0. The van der Waals surface area contributed by atoms with E-state index in [9.17, 15) is 13.6 Å². The van der Waals surface area contributed by atoms with Gasteiger partial charge in [0.2, 0.25) is 0 Å². The second-order valence-corrected chi connectivity index (χ2v) is 5.26. The van der Waals surface area contributed by atoms with E-state index in [0.717, 1.165) is 0 Å². The highest BCUT2D eigenvalue weighted by Crippen LogP contribution is 2.27. The Labute approximate surface area is 125 Å². The van der Waals surface area contributed by atoms with Crippen LogP contribution in [0.3, 0.4) is 0 Å². The maximum absolute atomic E-state index is 12.7. The lowest BCUT2D eigenvalue weighted by molar-refractivity contribution is -0.142. The van der Waals surface area contributed by atoms with Crippen LogP contribution in [-0.4, -0.2) is 17.6 Å². The number of rotatable bonds is 4. The first-order valence-electron chi connectivity index (χ1n) is 4.74. The van der Waals surface area contributed by atoms with E-state index in [1.807, 2.05) is 22.6 Å². The number of alkyl halides is 2. The van der Waals surface area contributed by atoms with Crippen molar-refractivity contribution in [3.05, 3.63) is 24.6 Å². The summed E-state index contributed by atoms with van der Waals surface area (Å²) in [5.41, 5.74) is 0.246. The van der Waals surface area contributed by atoms with Crippen molar-refractivity contribution in [3.8, 4) is 0 Å². The molecule has 0 spiro atoms. The third-order valence-corrected chi connectivity index (χ3v) is 3.67. The van der Waals surface area contributed by atoms with Gasteiger partial charge in [0.1, 0.15) is 3.70 Å². The van der Waals surface area contributed by atoms with Crippen LogP contribution in [0.2, 0.25) is 0 Å². The van der Waals surface area contributed by atoms with Gasteiger partial charge in [0.05, 0.1) is 18.7 Å². The molecule has 1 aromatic rings. The molecule has 0 aromatic carbocycles. The molecule has 0 unspecified atom stereocenters. The van der Waals surface area contributed by atoms with Crippen LogP contribution >= 0.6 is 45.2 Å². The number of nitrogens with zero attached hydrogens (tertiary/aromatic N) is 1. The predicted molar refractivity (Wildman–Crippen MR) is 75.0 cm³/mol. The lowest BCUT2D eigenvalue weighted by Gasteiger charge is -2.09. The van der Waals surface area contributed by atoms with Gasteiger partial charge in [0.25, 0.3) is 6.43 Å². The van der Waals surface area contributed by atoms with Crippen LogP contribution in [0.25, 0.3) is 0 Å². The average Bonchev–Trinajstić information content (AvgIpc) is 2.22. The molecule has 0 aliphatic carbocycles. The molecule has 0 saturated heterocycles. The van der Waals surface area contributed by atoms with Gasteiger partial charge in [-0.05, 0) is 58.2 Å². The maximum Gasteiger partial charge on any atom is 0.311 e. The molecule has 3 nitrogen and oxygen atoms in total. The second-order valence-electron chi connectivity index (χ2n) is 3.08. The summed E-state index contributed by atoms with van der Waals surface area (Å²) in [6, 6.07) is 1.32.